The van der Waals surface area contributed by atoms with E-state index in [2.05, 4.69) is 39.5 Å². The summed E-state index contributed by atoms with van der Waals surface area (Å²) in [7, 11) is 0. The third kappa shape index (κ3) is 2.16. The van der Waals surface area contributed by atoms with Gasteiger partial charge < -0.3 is 0 Å². The number of hydrazine groups is 1. The number of aryl methyl sites for hydroxylation is 1. The highest BCUT2D eigenvalue weighted by Crippen LogP contribution is 2.24. The van der Waals surface area contributed by atoms with Crippen LogP contribution in [0, 0.1) is 6.92 Å². The summed E-state index contributed by atoms with van der Waals surface area (Å²) in [4.78, 5) is 4.41. The first-order valence-electron chi connectivity index (χ1n) is 6.88. The van der Waals surface area contributed by atoms with Crippen LogP contribution in [-0.2, 0) is 0 Å². The Labute approximate surface area is 112 Å². The summed E-state index contributed by atoms with van der Waals surface area (Å²) in [5.41, 5.74) is 4.22. The highest BCUT2D eigenvalue weighted by molar-refractivity contribution is 5.61. The SMILES string of the molecule is Cc1nnc2c(NN3C(C)CCCC3C)nccn12. The summed E-state index contributed by atoms with van der Waals surface area (Å²) < 4.78 is 1.95. The quantitative estimate of drug-likeness (QED) is 0.895. The van der Waals surface area contributed by atoms with Gasteiger partial charge in [-0.05, 0) is 33.6 Å². The van der Waals surface area contributed by atoms with E-state index in [-0.39, 0.29) is 0 Å². The molecule has 2 aromatic heterocycles. The Kier molecular flexibility index (Phi) is 3.10. The Bertz CT molecular complexity index is 568. The molecular weight excluding hydrogens is 240 g/mol. The lowest BCUT2D eigenvalue weighted by Crippen LogP contribution is -2.47. The maximum atomic E-state index is 4.41. The molecule has 2 aromatic rings. The fraction of sp³-hybridized carbons (Fsp3) is 0.615. The van der Waals surface area contributed by atoms with Crippen molar-refractivity contribution < 1.29 is 0 Å². The van der Waals surface area contributed by atoms with Gasteiger partial charge in [0.1, 0.15) is 5.82 Å². The number of hydrogen-bond acceptors (Lipinski definition) is 5. The molecule has 102 valence electrons. The van der Waals surface area contributed by atoms with E-state index in [4.69, 9.17) is 0 Å². The molecule has 0 spiro atoms. The van der Waals surface area contributed by atoms with Gasteiger partial charge in [-0.1, -0.05) is 6.42 Å². The van der Waals surface area contributed by atoms with Crippen LogP contribution in [-0.4, -0.2) is 36.7 Å². The van der Waals surface area contributed by atoms with E-state index < -0.39 is 0 Å². The average molecular weight is 260 g/mol. The van der Waals surface area contributed by atoms with Crippen molar-refractivity contribution in [3.05, 3.63) is 18.2 Å². The average Bonchev–Trinajstić information content (AvgIpc) is 2.77. The van der Waals surface area contributed by atoms with E-state index >= 15 is 0 Å². The van der Waals surface area contributed by atoms with Crippen LogP contribution in [0.2, 0.25) is 0 Å². The van der Waals surface area contributed by atoms with Gasteiger partial charge >= 0.3 is 0 Å². The Morgan fingerprint density at radius 1 is 1.21 bits per heavy atom. The molecule has 0 aromatic carbocycles. The molecule has 0 aliphatic carbocycles. The summed E-state index contributed by atoms with van der Waals surface area (Å²) >= 11 is 0. The molecule has 6 nitrogen and oxygen atoms in total. The van der Waals surface area contributed by atoms with Crippen LogP contribution >= 0.6 is 0 Å². The standard InChI is InChI=1S/C13H20N6/c1-9-5-4-6-10(2)19(9)17-12-13-16-15-11(3)18(13)8-7-14-12/h7-10H,4-6H2,1-3H3,(H,14,17). The minimum absolute atomic E-state index is 0.509. The van der Waals surface area contributed by atoms with Gasteiger partial charge in [0.15, 0.2) is 5.82 Å². The van der Waals surface area contributed by atoms with Crippen molar-refractivity contribution in [2.75, 3.05) is 5.43 Å². The number of anilines is 1. The van der Waals surface area contributed by atoms with Crippen LogP contribution in [0.4, 0.5) is 5.82 Å². The van der Waals surface area contributed by atoms with Crippen LogP contribution in [0.15, 0.2) is 12.4 Å². The van der Waals surface area contributed by atoms with E-state index in [1.165, 1.54) is 19.3 Å². The lowest BCUT2D eigenvalue weighted by Gasteiger charge is -2.39. The molecule has 19 heavy (non-hydrogen) atoms. The zero-order chi connectivity index (χ0) is 13.4. The highest BCUT2D eigenvalue weighted by Gasteiger charge is 2.25. The number of piperidine rings is 1. The van der Waals surface area contributed by atoms with Crippen molar-refractivity contribution >= 4 is 11.5 Å². The molecule has 2 atom stereocenters. The fourth-order valence-corrected chi connectivity index (χ4v) is 2.78. The topological polar surface area (TPSA) is 58.4 Å². The van der Waals surface area contributed by atoms with Crippen molar-refractivity contribution in [1.29, 1.82) is 0 Å². The van der Waals surface area contributed by atoms with Crippen molar-refractivity contribution in [3.8, 4) is 0 Å². The molecule has 1 fully saturated rings. The molecule has 0 amide bonds. The molecule has 0 radical (unpaired) electrons. The van der Waals surface area contributed by atoms with Crippen LogP contribution in [0.1, 0.15) is 38.9 Å². The Balaban J connectivity index is 1.92. The van der Waals surface area contributed by atoms with Crippen LogP contribution in [0.3, 0.4) is 0 Å². The van der Waals surface area contributed by atoms with Crippen molar-refractivity contribution in [2.45, 2.75) is 52.1 Å². The van der Waals surface area contributed by atoms with Gasteiger partial charge in [0, 0.05) is 24.5 Å². The molecule has 0 bridgehead atoms. The molecule has 3 heterocycles. The second-order valence-corrected chi connectivity index (χ2v) is 5.36. The number of nitrogens with zero attached hydrogens (tertiary/aromatic N) is 5. The Morgan fingerprint density at radius 3 is 2.68 bits per heavy atom. The highest BCUT2D eigenvalue weighted by atomic mass is 15.6. The van der Waals surface area contributed by atoms with E-state index in [0.29, 0.717) is 12.1 Å². The Hall–Kier alpha value is -1.69. The molecule has 1 N–H and O–H groups in total. The maximum absolute atomic E-state index is 4.41. The van der Waals surface area contributed by atoms with Gasteiger partial charge in [0.05, 0.1) is 0 Å². The lowest BCUT2D eigenvalue weighted by molar-refractivity contribution is 0.135. The predicted octanol–water partition coefficient (Wildman–Crippen LogP) is 2.02. The number of rotatable bonds is 2. The monoisotopic (exact) mass is 260 g/mol. The first-order valence-corrected chi connectivity index (χ1v) is 6.88. The largest absolute Gasteiger partial charge is 0.299 e. The van der Waals surface area contributed by atoms with E-state index in [1.807, 2.05) is 17.5 Å². The molecule has 6 heteroatoms. The first-order chi connectivity index (χ1) is 9.16. The van der Waals surface area contributed by atoms with E-state index in [9.17, 15) is 0 Å². The number of aromatic nitrogens is 4. The normalized spacial score (nSPS) is 24.8. The molecule has 2 unspecified atom stereocenters. The third-order valence-corrected chi connectivity index (χ3v) is 3.93. The Morgan fingerprint density at radius 2 is 1.95 bits per heavy atom. The van der Waals surface area contributed by atoms with Crippen molar-refractivity contribution in [3.63, 3.8) is 0 Å². The molecule has 1 saturated heterocycles. The second-order valence-electron chi connectivity index (χ2n) is 5.36. The van der Waals surface area contributed by atoms with Crippen LogP contribution in [0.5, 0.6) is 0 Å². The zero-order valence-electron chi connectivity index (χ0n) is 11.7. The van der Waals surface area contributed by atoms with Crippen molar-refractivity contribution in [2.24, 2.45) is 0 Å². The van der Waals surface area contributed by atoms with Gasteiger partial charge in [0.2, 0.25) is 5.65 Å². The summed E-state index contributed by atoms with van der Waals surface area (Å²) in [5.74, 6) is 1.66. The van der Waals surface area contributed by atoms with Gasteiger partial charge in [-0.15, -0.1) is 10.2 Å². The second kappa shape index (κ2) is 4.77. The van der Waals surface area contributed by atoms with Crippen LogP contribution in [0.25, 0.3) is 5.65 Å². The zero-order valence-corrected chi connectivity index (χ0v) is 11.7. The van der Waals surface area contributed by atoms with Crippen molar-refractivity contribution in [1.82, 2.24) is 24.6 Å². The number of nitrogens with one attached hydrogen (secondary N) is 1. The molecular formula is C13H20N6. The van der Waals surface area contributed by atoms with E-state index in [1.54, 1.807) is 6.20 Å². The van der Waals surface area contributed by atoms with Crippen LogP contribution < -0.4 is 5.43 Å². The summed E-state index contributed by atoms with van der Waals surface area (Å²) in [6.07, 6.45) is 7.39. The minimum atomic E-state index is 0.509. The molecule has 3 rings (SSSR count). The van der Waals surface area contributed by atoms with Gasteiger partial charge in [-0.3, -0.25) is 9.83 Å². The summed E-state index contributed by atoms with van der Waals surface area (Å²) in [6, 6.07) is 1.02. The van der Waals surface area contributed by atoms with E-state index in [0.717, 1.165) is 17.3 Å². The number of fused-ring (bicyclic) bond motifs is 1. The number of hydrogen-bond donors (Lipinski definition) is 1. The maximum Gasteiger partial charge on any atom is 0.205 e. The summed E-state index contributed by atoms with van der Waals surface area (Å²) in [5, 5.41) is 10.6. The smallest absolute Gasteiger partial charge is 0.205 e. The lowest BCUT2D eigenvalue weighted by atomic mass is 10.00. The predicted molar refractivity (Wildman–Crippen MR) is 73.8 cm³/mol. The van der Waals surface area contributed by atoms with Gasteiger partial charge in [-0.25, -0.2) is 9.99 Å². The minimum Gasteiger partial charge on any atom is -0.299 e. The van der Waals surface area contributed by atoms with Gasteiger partial charge in [-0.2, -0.15) is 0 Å². The molecule has 1 aliphatic heterocycles. The van der Waals surface area contributed by atoms with Gasteiger partial charge in [0.25, 0.3) is 0 Å². The third-order valence-electron chi connectivity index (χ3n) is 3.93. The molecule has 1 aliphatic rings. The fourth-order valence-electron chi connectivity index (χ4n) is 2.78. The summed E-state index contributed by atoms with van der Waals surface area (Å²) in [6.45, 7) is 6.44. The molecule has 0 saturated carbocycles. The first kappa shape index (κ1) is 12.3.